The molecule has 0 aromatic carbocycles. The van der Waals surface area contributed by atoms with E-state index in [2.05, 4.69) is 11.9 Å². The molecule has 4 heterocycles. The van der Waals surface area contributed by atoms with E-state index in [9.17, 15) is 0 Å². The third-order valence-corrected chi connectivity index (χ3v) is 6.70. The molecule has 0 aliphatic carbocycles. The van der Waals surface area contributed by atoms with Crippen molar-refractivity contribution in [3.63, 3.8) is 0 Å². The number of nitrogens with zero attached hydrogens (tertiary/aromatic N) is 2. The van der Waals surface area contributed by atoms with Gasteiger partial charge in [0, 0.05) is 24.4 Å². The van der Waals surface area contributed by atoms with Crippen LogP contribution in [0.3, 0.4) is 0 Å². The van der Waals surface area contributed by atoms with E-state index in [0.717, 1.165) is 23.9 Å². The highest BCUT2D eigenvalue weighted by Gasteiger charge is 2.53. The molecular formula is C16H29N2+. The third-order valence-electron chi connectivity index (χ3n) is 6.70. The number of hydrogen-bond acceptors (Lipinski definition) is 1. The monoisotopic (exact) mass is 249 g/mol. The van der Waals surface area contributed by atoms with Gasteiger partial charge in [-0.1, -0.05) is 6.42 Å². The Kier molecular flexibility index (Phi) is 2.74. The van der Waals surface area contributed by atoms with Gasteiger partial charge in [-0.15, -0.1) is 0 Å². The molecule has 0 amide bonds. The zero-order valence-electron chi connectivity index (χ0n) is 12.0. The van der Waals surface area contributed by atoms with Crippen molar-refractivity contribution in [2.75, 3.05) is 33.2 Å². The second kappa shape index (κ2) is 4.21. The van der Waals surface area contributed by atoms with Crippen molar-refractivity contribution in [1.82, 2.24) is 4.90 Å². The molecule has 2 heteroatoms. The van der Waals surface area contributed by atoms with Gasteiger partial charge in [-0.05, 0) is 45.1 Å². The van der Waals surface area contributed by atoms with Gasteiger partial charge in [-0.2, -0.15) is 0 Å². The van der Waals surface area contributed by atoms with Crippen LogP contribution in [0.5, 0.6) is 0 Å². The van der Waals surface area contributed by atoms with Crippen LogP contribution in [-0.4, -0.2) is 54.7 Å². The SMILES string of the molecule is C[N+]12CCCC[C@H]1[C@H]1C[C@H](C2)[C@H]2CCCCN2C1. The second-order valence-corrected chi connectivity index (χ2v) is 7.76. The highest BCUT2D eigenvalue weighted by molar-refractivity contribution is 4.96. The van der Waals surface area contributed by atoms with E-state index >= 15 is 0 Å². The summed E-state index contributed by atoms with van der Waals surface area (Å²) >= 11 is 0. The second-order valence-electron chi connectivity index (χ2n) is 7.76. The summed E-state index contributed by atoms with van der Waals surface area (Å²) in [5.41, 5.74) is 0. The molecule has 18 heavy (non-hydrogen) atoms. The van der Waals surface area contributed by atoms with E-state index in [1.165, 1.54) is 69.2 Å². The fourth-order valence-electron chi connectivity index (χ4n) is 5.99. The number of piperidine rings is 4. The van der Waals surface area contributed by atoms with E-state index in [1.807, 2.05) is 0 Å². The van der Waals surface area contributed by atoms with E-state index in [1.54, 1.807) is 6.42 Å². The van der Waals surface area contributed by atoms with Crippen molar-refractivity contribution in [2.24, 2.45) is 11.8 Å². The first-order chi connectivity index (χ1) is 8.76. The first kappa shape index (κ1) is 11.7. The molecule has 0 radical (unpaired) electrons. The summed E-state index contributed by atoms with van der Waals surface area (Å²) < 4.78 is 1.44. The normalized spacial score (nSPS) is 52.5. The Labute approximate surface area is 112 Å². The minimum atomic E-state index is 0.966. The van der Waals surface area contributed by atoms with Crippen molar-refractivity contribution in [3.05, 3.63) is 0 Å². The van der Waals surface area contributed by atoms with Crippen molar-refractivity contribution >= 4 is 0 Å². The summed E-state index contributed by atoms with van der Waals surface area (Å²) in [4.78, 5) is 2.89. The van der Waals surface area contributed by atoms with E-state index in [-0.39, 0.29) is 0 Å². The summed E-state index contributed by atoms with van der Waals surface area (Å²) in [6.07, 6.45) is 10.5. The van der Waals surface area contributed by atoms with Gasteiger partial charge in [0.1, 0.15) is 0 Å². The summed E-state index contributed by atoms with van der Waals surface area (Å²) in [5, 5.41) is 0. The van der Waals surface area contributed by atoms with E-state index in [4.69, 9.17) is 0 Å². The lowest BCUT2D eigenvalue weighted by Crippen LogP contribution is -2.70. The molecule has 4 saturated heterocycles. The Morgan fingerprint density at radius 1 is 1.00 bits per heavy atom. The molecule has 4 rings (SSSR count). The fraction of sp³-hybridized carbons (Fsp3) is 1.00. The Morgan fingerprint density at radius 3 is 2.83 bits per heavy atom. The maximum Gasteiger partial charge on any atom is 0.0929 e. The molecule has 0 spiro atoms. The molecule has 2 nitrogen and oxygen atoms in total. The standard InChI is InChI=1S/C16H29N2/c1-18-9-5-3-7-16(18)13-10-14(12-18)15-6-2-4-8-17(15)11-13/h13-16H,2-12H2,1H3/q+1/t13-,14+,15+,16-,18?/m0/s1. The van der Waals surface area contributed by atoms with Crippen LogP contribution in [0.2, 0.25) is 0 Å². The van der Waals surface area contributed by atoms with Gasteiger partial charge < -0.3 is 4.48 Å². The Balaban J connectivity index is 1.61. The largest absolute Gasteiger partial charge is 0.323 e. The first-order valence-corrected chi connectivity index (χ1v) is 8.34. The first-order valence-electron chi connectivity index (χ1n) is 8.34. The van der Waals surface area contributed by atoms with E-state index < -0.39 is 0 Å². The molecule has 2 bridgehead atoms. The quantitative estimate of drug-likeness (QED) is 0.596. The van der Waals surface area contributed by atoms with Crippen molar-refractivity contribution < 1.29 is 4.48 Å². The molecule has 5 atom stereocenters. The Hall–Kier alpha value is -0.0800. The van der Waals surface area contributed by atoms with Crippen LogP contribution in [0.25, 0.3) is 0 Å². The molecule has 1 unspecified atom stereocenters. The average Bonchev–Trinajstić information content (AvgIpc) is 2.38. The lowest BCUT2D eigenvalue weighted by Gasteiger charge is -2.60. The van der Waals surface area contributed by atoms with Gasteiger partial charge in [-0.25, -0.2) is 0 Å². The summed E-state index contributed by atoms with van der Waals surface area (Å²) in [5.74, 6) is 2.06. The van der Waals surface area contributed by atoms with Gasteiger partial charge in [0.2, 0.25) is 0 Å². The number of hydrogen-bond donors (Lipinski definition) is 0. The maximum atomic E-state index is 2.89. The zero-order valence-corrected chi connectivity index (χ0v) is 12.0. The van der Waals surface area contributed by atoms with Crippen LogP contribution in [0.15, 0.2) is 0 Å². The molecule has 0 aromatic heterocycles. The minimum Gasteiger partial charge on any atom is -0.323 e. The van der Waals surface area contributed by atoms with E-state index in [0.29, 0.717) is 0 Å². The van der Waals surface area contributed by atoms with Gasteiger partial charge in [-0.3, -0.25) is 4.90 Å². The van der Waals surface area contributed by atoms with Crippen molar-refractivity contribution in [2.45, 2.75) is 57.0 Å². The fourth-order valence-corrected chi connectivity index (χ4v) is 5.99. The molecule has 0 saturated carbocycles. The van der Waals surface area contributed by atoms with Gasteiger partial charge in [0.05, 0.1) is 26.2 Å². The lowest BCUT2D eigenvalue weighted by atomic mass is 9.70. The molecule has 0 aromatic rings. The van der Waals surface area contributed by atoms with Crippen LogP contribution in [0.1, 0.15) is 44.9 Å². The summed E-state index contributed by atoms with van der Waals surface area (Å²) in [6, 6.07) is 1.98. The average molecular weight is 249 g/mol. The van der Waals surface area contributed by atoms with Crippen LogP contribution in [0, 0.1) is 11.8 Å². The van der Waals surface area contributed by atoms with Crippen LogP contribution in [-0.2, 0) is 0 Å². The lowest BCUT2D eigenvalue weighted by molar-refractivity contribution is -0.951. The summed E-state index contributed by atoms with van der Waals surface area (Å²) in [7, 11) is 2.58. The van der Waals surface area contributed by atoms with Crippen LogP contribution in [0.4, 0.5) is 0 Å². The van der Waals surface area contributed by atoms with Gasteiger partial charge in [0.15, 0.2) is 0 Å². The predicted molar refractivity (Wildman–Crippen MR) is 74.4 cm³/mol. The minimum absolute atomic E-state index is 0.966. The molecular weight excluding hydrogens is 220 g/mol. The van der Waals surface area contributed by atoms with Gasteiger partial charge >= 0.3 is 0 Å². The van der Waals surface area contributed by atoms with Crippen molar-refractivity contribution in [3.8, 4) is 0 Å². The third kappa shape index (κ3) is 1.68. The summed E-state index contributed by atoms with van der Waals surface area (Å²) in [6.45, 7) is 5.83. The molecule has 4 aliphatic rings. The highest BCUT2D eigenvalue weighted by Crippen LogP contribution is 2.45. The topological polar surface area (TPSA) is 3.24 Å². The highest BCUT2D eigenvalue weighted by atomic mass is 15.4. The zero-order chi connectivity index (χ0) is 12.2. The maximum absolute atomic E-state index is 2.89. The number of quaternary nitrogens is 1. The molecule has 4 fully saturated rings. The van der Waals surface area contributed by atoms with Crippen LogP contribution < -0.4 is 0 Å². The van der Waals surface area contributed by atoms with Crippen molar-refractivity contribution in [1.29, 1.82) is 0 Å². The molecule has 102 valence electrons. The van der Waals surface area contributed by atoms with Gasteiger partial charge in [0.25, 0.3) is 0 Å². The van der Waals surface area contributed by atoms with Crippen LogP contribution >= 0.6 is 0 Å². The predicted octanol–water partition coefficient (Wildman–Crippen LogP) is 2.49. The number of fused-ring (bicyclic) bond motifs is 6. The Bertz CT molecular complexity index is 329. The Morgan fingerprint density at radius 2 is 1.89 bits per heavy atom. The smallest absolute Gasteiger partial charge is 0.0929 e. The molecule has 4 aliphatic heterocycles. The molecule has 0 N–H and O–H groups in total. The number of rotatable bonds is 0.